The first-order chi connectivity index (χ1) is 8.19. The topological polar surface area (TPSA) is 38.1 Å². The van der Waals surface area contributed by atoms with Crippen molar-refractivity contribution in [2.45, 2.75) is 45.3 Å². The van der Waals surface area contributed by atoms with E-state index in [4.69, 9.17) is 0 Å². The van der Waals surface area contributed by atoms with E-state index in [9.17, 15) is 13.2 Å². The molecule has 0 saturated heterocycles. The van der Waals surface area contributed by atoms with E-state index in [-0.39, 0.29) is 24.4 Å². The number of fused-ring (bicyclic) bond motifs is 1. The second-order valence-corrected chi connectivity index (χ2v) is 5.30. The van der Waals surface area contributed by atoms with Gasteiger partial charge in [-0.25, -0.2) is 9.97 Å². The largest absolute Gasteiger partial charge is 0.433 e. The van der Waals surface area contributed by atoms with Crippen LogP contribution in [0.3, 0.4) is 0 Å². The lowest BCUT2D eigenvalue weighted by Crippen LogP contribution is -2.24. The molecule has 0 amide bonds. The molecule has 0 atom stereocenters. The maximum absolute atomic E-state index is 13.0. The number of hydrogen-bond acceptors (Lipinski definition) is 3. The number of aromatic nitrogens is 2. The molecule has 0 aromatic carbocycles. The average molecular weight is 257 g/mol. The van der Waals surface area contributed by atoms with Crippen LogP contribution in [0.15, 0.2) is 4.99 Å². The van der Waals surface area contributed by atoms with Crippen LogP contribution in [0.2, 0.25) is 0 Å². The zero-order valence-electron chi connectivity index (χ0n) is 10.5. The Bertz CT molecular complexity index is 499. The summed E-state index contributed by atoms with van der Waals surface area (Å²) in [5.41, 5.74) is -0.783. The molecule has 3 nitrogen and oxygen atoms in total. The van der Waals surface area contributed by atoms with Crippen LogP contribution >= 0.6 is 0 Å². The zero-order valence-corrected chi connectivity index (χ0v) is 10.5. The Kier molecular flexibility index (Phi) is 2.91. The third kappa shape index (κ3) is 2.37. The van der Waals surface area contributed by atoms with E-state index < -0.39 is 17.3 Å². The van der Waals surface area contributed by atoms with E-state index in [0.29, 0.717) is 5.69 Å². The molecule has 1 aromatic heterocycles. The lowest BCUT2D eigenvalue weighted by Gasteiger charge is -2.22. The maximum atomic E-state index is 13.0. The molecular weight excluding hydrogens is 243 g/mol. The standard InChI is InChI=1S/C12H14F3N3/c1-11(2,3)10-17-8-6-16-5-4-7(8)9(18-10)12(13,14)15/h5H,4,6H2,1-3H3. The summed E-state index contributed by atoms with van der Waals surface area (Å²) in [6.45, 7) is 5.58. The minimum Gasteiger partial charge on any atom is -0.291 e. The van der Waals surface area contributed by atoms with Crippen LogP contribution < -0.4 is 0 Å². The Morgan fingerprint density at radius 3 is 2.33 bits per heavy atom. The second kappa shape index (κ2) is 4.03. The summed E-state index contributed by atoms with van der Waals surface area (Å²) in [5.74, 6) is 0.214. The molecule has 0 aliphatic carbocycles. The van der Waals surface area contributed by atoms with Crippen LogP contribution in [0.4, 0.5) is 13.2 Å². The highest BCUT2D eigenvalue weighted by atomic mass is 19.4. The predicted molar refractivity (Wildman–Crippen MR) is 61.6 cm³/mol. The number of aliphatic imine (C=N–C) groups is 1. The van der Waals surface area contributed by atoms with Crippen molar-refractivity contribution in [2.24, 2.45) is 4.99 Å². The summed E-state index contributed by atoms with van der Waals surface area (Å²) in [6, 6.07) is 0. The fourth-order valence-corrected chi connectivity index (χ4v) is 1.75. The smallest absolute Gasteiger partial charge is 0.291 e. The fraction of sp³-hybridized carbons (Fsp3) is 0.583. The van der Waals surface area contributed by atoms with Crippen molar-refractivity contribution in [1.82, 2.24) is 9.97 Å². The molecule has 0 saturated carbocycles. The van der Waals surface area contributed by atoms with E-state index in [1.807, 2.05) is 0 Å². The average Bonchev–Trinajstić information content (AvgIpc) is 2.25. The van der Waals surface area contributed by atoms with Crippen molar-refractivity contribution in [2.75, 3.05) is 0 Å². The van der Waals surface area contributed by atoms with Gasteiger partial charge in [-0.1, -0.05) is 20.8 Å². The molecule has 1 aliphatic heterocycles. The molecule has 0 N–H and O–H groups in total. The van der Waals surface area contributed by atoms with Crippen molar-refractivity contribution >= 4 is 6.21 Å². The van der Waals surface area contributed by atoms with Crippen LogP contribution in [0, 0.1) is 0 Å². The van der Waals surface area contributed by atoms with E-state index in [2.05, 4.69) is 15.0 Å². The molecule has 2 rings (SSSR count). The molecule has 1 aliphatic rings. The van der Waals surface area contributed by atoms with Gasteiger partial charge in [0.05, 0.1) is 12.2 Å². The highest BCUT2D eigenvalue weighted by Gasteiger charge is 2.38. The van der Waals surface area contributed by atoms with Gasteiger partial charge in [0.2, 0.25) is 0 Å². The van der Waals surface area contributed by atoms with Crippen LogP contribution in [0.5, 0.6) is 0 Å². The van der Waals surface area contributed by atoms with E-state index in [0.717, 1.165) is 0 Å². The van der Waals surface area contributed by atoms with Gasteiger partial charge in [-0.15, -0.1) is 0 Å². The summed E-state index contributed by atoms with van der Waals surface area (Å²) in [6.07, 6.45) is -2.81. The lowest BCUT2D eigenvalue weighted by atomic mass is 9.94. The minimum absolute atomic E-state index is 0.147. The molecular formula is C12H14F3N3. The van der Waals surface area contributed by atoms with Gasteiger partial charge in [0.15, 0.2) is 5.69 Å². The minimum atomic E-state index is -4.45. The summed E-state index contributed by atoms with van der Waals surface area (Å²) >= 11 is 0. The molecule has 0 spiro atoms. The van der Waals surface area contributed by atoms with Crippen molar-refractivity contribution in [3.8, 4) is 0 Å². The van der Waals surface area contributed by atoms with Gasteiger partial charge >= 0.3 is 6.18 Å². The van der Waals surface area contributed by atoms with Crippen LogP contribution in [-0.4, -0.2) is 16.2 Å². The van der Waals surface area contributed by atoms with Gasteiger partial charge in [-0.05, 0) is 0 Å². The Morgan fingerprint density at radius 2 is 1.78 bits per heavy atom. The highest BCUT2D eigenvalue weighted by molar-refractivity contribution is 5.64. The molecule has 0 bridgehead atoms. The van der Waals surface area contributed by atoms with Gasteiger partial charge in [0, 0.05) is 23.6 Å². The van der Waals surface area contributed by atoms with Gasteiger partial charge in [0.25, 0.3) is 0 Å². The lowest BCUT2D eigenvalue weighted by molar-refractivity contribution is -0.142. The first kappa shape index (κ1) is 13.0. The molecule has 1 aromatic rings. The summed E-state index contributed by atoms with van der Waals surface area (Å²) in [5, 5.41) is 0. The number of nitrogens with zero attached hydrogens (tertiary/aromatic N) is 3. The van der Waals surface area contributed by atoms with Crippen molar-refractivity contribution in [1.29, 1.82) is 0 Å². The quantitative estimate of drug-likeness (QED) is 0.716. The van der Waals surface area contributed by atoms with Crippen molar-refractivity contribution < 1.29 is 13.2 Å². The van der Waals surface area contributed by atoms with Gasteiger partial charge in [0.1, 0.15) is 5.82 Å². The van der Waals surface area contributed by atoms with E-state index >= 15 is 0 Å². The Labute approximate surface area is 103 Å². The summed E-state index contributed by atoms with van der Waals surface area (Å²) < 4.78 is 39.0. The third-order valence-corrected chi connectivity index (χ3v) is 2.70. The first-order valence-corrected chi connectivity index (χ1v) is 5.65. The van der Waals surface area contributed by atoms with Gasteiger partial charge < -0.3 is 0 Å². The van der Waals surface area contributed by atoms with E-state index in [1.165, 1.54) is 6.21 Å². The van der Waals surface area contributed by atoms with Gasteiger partial charge in [-0.2, -0.15) is 13.2 Å². The number of rotatable bonds is 0. The highest BCUT2D eigenvalue weighted by Crippen LogP contribution is 2.34. The number of hydrogen-bond donors (Lipinski definition) is 0. The van der Waals surface area contributed by atoms with Crippen LogP contribution in [0.25, 0.3) is 0 Å². The summed E-state index contributed by atoms with van der Waals surface area (Å²) in [4.78, 5) is 11.9. The molecule has 0 radical (unpaired) electrons. The molecule has 6 heteroatoms. The zero-order chi connectivity index (χ0) is 13.6. The van der Waals surface area contributed by atoms with Gasteiger partial charge in [-0.3, -0.25) is 4.99 Å². The molecule has 2 heterocycles. The predicted octanol–water partition coefficient (Wildman–Crippen LogP) is 2.92. The maximum Gasteiger partial charge on any atom is 0.433 e. The van der Waals surface area contributed by atoms with Crippen molar-refractivity contribution in [3.05, 3.63) is 22.8 Å². The fourth-order valence-electron chi connectivity index (χ4n) is 1.75. The Balaban J connectivity index is 2.65. The molecule has 18 heavy (non-hydrogen) atoms. The molecule has 0 fully saturated rings. The van der Waals surface area contributed by atoms with Crippen LogP contribution in [-0.2, 0) is 24.6 Å². The van der Waals surface area contributed by atoms with E-state index in [1.54, 1.807) is 20.8 Å². The summed E-state index contributed by atoms with van der Waals surface area (Å²) in [7, 11) is 0. The number of halogens is 3. The SMILES string of the molecule is CC(C)(C)c1nc2c(c(C(F)(F)F)n1)CC=NC2. The normalized spacial score (nSPS) is 15.7. The Morgan fingerprint density at radius 1 is 1.11 bits per heavy atom. The molecule has 0 unspecified atom stereocenters. The second-order valence-electron chi connectivity index (χ2n) is 5.30. The van der Waals surface area contributed by atoms with Crippen molar-refractivity contribution in [3.63, 3.8) is 0 Å². The first-order valence-electron chi connectivity index (χ1n) is 5.65. The third-order valence-electron chi connectivity index (χ3n) is 2.70. The number of alkyl halides is 3. The molecule has 98 valence electrons. The monoisotopic (exact) mass is 257 g/mol. The Hall–Kier alpha value is -1.46. The van der Waals surface area contributed by atoms with Crippen LogP contribution in [0.1, 0.15) is 43.5 Å².